The van der Waals surface area contributed by atoms with E-state index in [4.69, 9.17) is 5.11 Å². The first-order valence-electron chi connectivity index (χ1n) is 4.02. The van der Waals surface area contributed by atoms with Crippen LogP contribution in [0.4, 0.5) is 4.39 Å². The molecule has 0 saturated heterocycles. The molecule has 0 radical (unpaired) electrons. The van der Waals surface area contributed by atoms with Crippen molar-refractivity contribution in [2.24, 2.45) is 0 Å². The molecule has 0 saturated carbocycles. The van der Waals surface area contributed by atoms with Crippen LogP contribution >= 0.6 is 0 Å². The molecule has 0 aliphatic carbocycles. The summed E-state index contributed by atoms with van der Waals surface area (Å²) in [5, 5.41) is 9.04. The number of rotatable bonds is 2. The monoisotopic (exact) mass is 168 g/mol. The van der Waals surface area contributed by atoms with Gasteiger partial charge in [0.05, 0.1) is 6.10 Å². The van der Waals surface area contributed by atoms with Crippen LogP contribution in [0.25, 0.3) is 0 Å². The Bertz CT molecular complexity index is 269. The zero-order valence-corrected chi connectivity index (χ0v) is 7.34. The van der Waals surface area contributed by atoms with Crippen molar-refractivity contribution in [1.29, 1.82) is 0 Å². The van der Waals surface area contributed by atoms with Gasteiger partial charge < -0.3 is 5.11 Å². The zero-order chi connectivity index (χ0) is 9.14. The summed E-state index contributed by atoms with van der Waals surface area (Å²) in [5.74, 6) is -0.201. The van der Waals surface area contributed by atoms with E-state index < -0.39 is 6.10 Å². The quantitative estimate of drug-likeness (QED) is 0.716. The molecule has 0 bridgehead atoms. The summed E-state index contributed by atoms with van der Waals surface area (Å²) < 4.78 is 12.9. The second kappa shape index (κ2) is 3.68. The third-order valence-electron chi connectivity index (χ3n) is 1.77. The fourth-order valence-corrected chi connectivity index (χ4v) is 1.10. The average molecular weight is 168 g/mol. The molecule has 2 heteroatoms. The van der Waals surface area contributed by atoms with Gasteiger partial charge >= 0.3 is 0 Å². The van der Waals surface area contributed by atoms with E-state index >= 15 is 0 Å². The van der Waals surface area contributed by atoms with E-state index in [2.05, 4.69) is 0 Å². The molecule has 0 spiro atoms. The van der Waals surface area contributed by atoms with Crippen LogP contribution in [0.3, 0.4) is 0 Å². The van der Waals surface area contributed by atoms with Gasteiger partial charge in [-0.1, -0.05) is 12.1 Å². The molecule has 1 rings (SSSR count). The summed E-state index contributed by atoms with van der Waals surface area (Å²) in [6.07, 6.45) is 0.101. The first kappa shape index (κ1) is 9.20. The van der Waals surface area contributed by atoms with Gasteiger partial charge in [0.2, 0.25) is 0 Å². The number of hydrogen-bond acceptors (Lipinski definition) is 1. The summed E-state index contributed by atoms with van der Waals surface area (Å²) in [6.45, 7) is 3.42. The molecule has 1 aromatic carbocycles. The zero-order valence-electron chi connectivity index (χ0n) is 7.34. The summed E-state index contributed by atoms with van der Waals surface area (Å²) in [6, 6.07) is 5.04. The van der Waals surface area contributed by atoms with Gasteiger partial charge in [0.15, 0.2) is 0 Å². The Morgan fingerprint density at radius 3 is 2.67 bits per heavy atom. The van der Waals surface area contributed by atoms with Crippen molar-refractivity contribution >= 4 is 0 Å². The lowest BCUT2D eigenvalue weighted by atomic mass is 10.1. The normalized spacial score (nSPS) is 13.0. The lowest BCUT2D eigenvalue weighted by Gasteiger charge is -2.04. The van der Waals surface area contributed by atoms with Crippen molar-refractivity contribution in [3.63, 3.8) is 0 Å². The molecule has 66 valence electrons. The van der Waals surface area contributed by atoms with Gasteiger partial charge in [0.25, 0.3) is 0 Å². The van der Waals surface area contributed by atoms with Crippen LogP contribution in [0.5, 0.6) is 0 Å². The number of aliphatic hydroxyl groups excluding tert-OH is 1. The predicted octanol–water partition coefficient (Wildman–Crippen LogP) is 2.06. The van der Waals surface area contributed by atoms with Crippen LogP contribution < -0.4 is 0 Å². The van der Waals surface area contributed by atoms with Crippen LogP contribution in [0.1, 0.15) is 18.1 Å². The van der Waals surface area contributed by atoms with E-state index in [1.807, 2.05) is 6.07 Å². The van der Waals surface area contributed by atoms with Crippen molar-refractivity contribution in [3.8, 4) is 0 Å². The Morgan fingerprint density at radius 1 is 1.50 bits per heavy atom. The highest BCUT2D eigenvalue weighted by molar-refractivity contribution is 5.23. The minimum Gasteiger partial charge on any atom is -0.393 e. The highest BCUT2D eigenvalue weighted by Gasteiger charge is 2.01. The van der Waals surface area contributed by atoms with E-state index in [0.717, 1.165) is 5.56 Å². The SMILES string of the molecule is Cc1ccc(C[C@@H](C)O)cc1F. The third-order valence-corrected chi connectivity index (χ3v) is 1.77. The van der Waals surface area contributed by atoms with E-state index in [9.17, 15) is 4.39 Å². The molecule has 1 nitrogen and oxygen atoms in total. The fourth-order valence-electron chi connectivity index (χ4n) is 1.10. The molecule has 1 aromatic rings. The number of hydrogen-bond donors (Lipinski definition) is 1. The molecule has 0 amide bonds. The lowest BCUT2D eigenvalue weighted by molar-refractivity contribution is 0.195. The molecule has 1 atom stereocenters. The number of aliphatic hydroxyl groups is 1. The van der Waals surface area contributed by atoms with Gasteiger partial charge in [-0.15, -0.1) is 0 Å². The number of halogens is 1. The summed E-state index contributed by atoms with van der Waals surface area (Å²) in [4.78, 5) is 0. The van der Waals surface area contributed by atoms with Gasteiger partial charge in [0.1, 0.15) is 5.82 Å². The second-order valence-corrected chi connectivity index (χ2v) is 3.14. The van der Waals surface area contributed by atoms with Crippen molar-refractivity contribution in [3.05, 3.63) is 35.1 Å². The standard InChI is InChI=1S/C10H13FO/c1-7-3-4-9(5-8(2)12)6-10(7)11/h3-4,6,8,12H,5H2,1-2H3/t8-/m1/s1. The van der Waals surface area contributed by atoms with Gasteiger partial charge in [-0.05, 0) is 37.5 Å². The second-order valence-electron chi connectivity index (χ2n) is 3.14. The molecular weight excluding hydrogens is 155 g/mol. The van der Waals surface area contributed by atoms with E-state index in [1.54, 1.807) is 19.9 Å². The average Bonchev–Trinajstić information content (AvgIpc) is 1.96. The highest BCUT2D eigenvalue weighted by Crippen LogP contribution is 2.10. The number of benzene rings is 1. The fraction of sp³-hybridized carbons (Fsp3) is 0.400. The first-order valence-corrected chi connectivity index (χ1v) is 4.02. The maximum absolute atomic E-state index is 12.9. The number of aryl methyl sites for hydroxylation is 1. The predicted molar refractivity (Wildman–Crippen MR) is 46.5 cm³/mol. The smallest absolute Gasteiger partial charge is 0.126 e. The van der Waals surface area contributed by atoms with Crippen LogP contribution in [-0.2, 0) is 6.42 Å². The molecule has 0 unspecified atom stereocenters. The van der Waals surface area contributed by atoms with Crippen LogP contribution in [0.15, 0.2) is 18.2 Å². The minimum absolute atomic E-state index is 0.201. The molecule has 0 aromatic heterocycles. The summed E-state index contributed by atoms with van der Waals surface area (Å²) >= 11 is 0. The Kier molecular flexibility index (Phi) is 2.82. The Balaban J connectivity index is 2.82. The Hall–Kier alpha value is -0.890. The Labute approximate surface area is 71.9 Å². The van der Waals surface area contributed by atoms with Crippen LogP contribution in [0, 0.1) is 12.7 Å². The van der Waals surface area contributed by atoms with E-state index in [-0.39, 0.29) is 5.82 Å². The van der Waals surface area contributed by atoms with Crippen molar-refractivity contribution in [2.75, 3.05) is 0 Å². The lowest BCUT2D eigenvalue weighted by Crippen LogP contribution is -2.04. The molecule has 0 heterocycles. The van der Waals surface area contributed by atoms with E-state index in [1.165, 1.54) is 6.07 Å². The highest BCUT2D eigenvalue weighted by atomic mass is 19.1. The molecule has 12 heavy (non-hydrogen) atoms. The topological polar surface area (TPSA) is 20.2 Å². The maximum atomic E-state index is 12.9. The Morgan fingerprint density at radius 2 is 2.17 bits per heavy atom. The van der Waals surface area contributed by atoms with Crippen molar-refractivity contribution in [1.82, 2.24) is 0 Å². The molecule has 1 N–H and O–H groups in total. The van der Waals surface area contributed by atoms with Gasteiger partial charge in [-0.3, -0.25) is 0 Å². The van der Waals surface area contributed by atoms with Crippen molar-refractivity contribution in [2.45, 2.75) is 26.4 Å². The van der Waals surface area contributed by atoms with Crippen LogP contribution in [-0.4, -0.2) is 11.2 Å². The third kappa shape index (κ3) is 2.31. The van der Waals surface area contributed by atoms with Gasteiger partial charge in [-0.25, -0.2) is 4.39 Å². The molecule has 0 fully saturated rings. The molecule has 0 aliphatic rings. The minimum atomic E-state index is -0.410. The molecule has 0 aliphatic heterocycles. The van der Waals surface area contributed by atoms with Gasteiger partial charge in [-0.2, -0.15) is 0 Å². The maximum Gasteiger partial charge on any atom is 0.126 e. The summed E-state index contributed by atoms with van der Waals surface area (Å²) in [5.41, 5.74) is 1.48. The molecular formula is C10H13FO. The van der Waals surface area contributed by atoms with Crippen molar-refractivity contribution < 1.29 is 9.50 Å². The van der Waals surface area contributed by atoms with Gasteiger partial charge in [0, 0.05) is 0 Å². The van der Waals surface area contributed by atoms with Crippen LogP contribution in [0.2, 0.25) is 0 Å². The van der Waals surface area contributed by atoms with E-state index in [0.29, 0.717) is 12.0 Å². The summed E-state index contributed by atoms with van der Waals surface area (Å²) in [7, 11) is 0. The largest absolute Gasteiger partial charge is 0.393 e. The first-order chi connectivity index (χ1) is 5.59.